The van der Waals surface area contributed by atoms with Crippen LogP contribution in [0.15, 0.2) is 43.0 Å². The average molecular weight is 392 g/mol. The molecule has 1 heterocycles. The standard InChI is InChI=1S/C21H23F3N2O2/c1-13(25-15-6-7-16(22)17(23)11-15)14-5-8-21(28-2)19(10-14)26-9-3-4-20(27)18(24)12-26/h5-8,10-11,18,20,25,27H,1,3-4,9,12H2,2H3. The van der Waals surface area contributed by atoms with Gasteiger partial charge in [-0.05, 0) is 48.7 Å². The lowest BCUT2D eigenvalue weighted by atomic mass is 10.1. The van der Waals surface area contributed by atoms with Gasteiger partial charge in [-0.1, -0.05) is 6.58 Å². The van der Waals surface area contributed by atoms with Gasteiger partial charge >= 0.3 is 0 Å². The Kier molecular flexibility index (Phi) is 6.14. The molecule has 0 aliphatic carbocycles. The number of nitrogens with one attached hydrogen (secondary N) is 1. The second-order valence-corrected chi connectivity index (χ2v) is 6.79. The average Bonchev–Trinajstić information content (AvgIpc) is 2.85. The van der Waals surface area contributed by atoms with Crippen LogP contribution in [0.4, 0.5) is 24.5 Å². The lowest BCUT2D eigenvalue weighted by Crippen LogP contribution is -2.33. The highest BCUT2D eigenvalue weighted by Gasteiger charge is 2.27. The van der Waals surface area contributed by atoms with E-state index in [9.17, 15) is 18.3 Å². The Morgan fingerprint density at radius 3 is 2.71 bits per heavy atom. The molecule has 2 atom stereocenters. The summed E-state index contributed by atoms with van der Waals surface area (Å²) in [7, 11) is 1.53. The molecule has 2 unspecified atom stereocenters. The van der Waals surface area contributed by atoms with Crippen molar-refractivity contribution < 1.29 is 23.0 Å². The molecule has 3 rings (SSSR count). The minimum atomic E-state index is -1.35. The number of alkyl halides is 1. The lowest BCUT2D eigenvalue weighted by Gasteiger charge is -2.27. The maximum atomic E-state index is 14.2. The first kappa shape index (κ1) is 20.1. The molecule has 0 saturated carbocycles. The highest BCUT2D eigenvalue weighted by molar-refractivity contribution is 5.78. The van der Waals surface area contributed by atoms with Crippen LogP contribution in [0.2, 0.25) is 0 Å². The first-order valence-corrected chi connectivity index (χ1v) is 9.05. The zero-order valence-corrected chi connectivity index (χ0v) is 15.6. The molecule has 150 valence electrons. The molecule has 1 saturated heterocycles. The van der Waals surface area contributed by atoms with Gasteiger partial charge in [0, 0.05) is 24.0 Å². The number of hydrogen-bond donors (Lipinski definition) is 2. The molecular weight excluding hydrogens is 369 g/mol. The predicted octanol–water partition coefficient (Wildman–Crippen LogP) is 4.36. The zero-order chi connectivity index (χ0) is 20.3. The summed E-state index contributed by atoms with van der Waals surface area (Å²) >= 11 is 0. The number of ether oxygens (including phenoxy) is 1. The van der Waals surface area contributed by atoms with Crippen molar-refractivity contribution in [1.82, 2.24) is 0 Å². The second kappa shape index (κ2) is 8.56. The molecule has 2 aromatic rings. The van der Waals surface area contributed by atoms with Gasteiger partial charge in [0.05, 0.1) is 25.4 Å². The van der Waals surface area contributed by atoms with Crippen LogP contribution in [-0.4, -0.2) is 37.6 Å². The molecule has 0 amide bonds. The van der Waals surface area contributed by atoms with Crippen LogP contribution in [0.3, 0.4) is 0 Å². The van der Waals surface area contributed by atoms with Crippen molar-refractivity contribution in [1.29, 1.82) is 0 Å². The van der Waals surface area contributed by atoms with Crippen molar-refractivity contribution in [3.8, 4) is 5.75 Å². The van der Waals surface area contributed by atoms with Crippen LogP contribution in [0, 0.1) is 11.6 Å². The molecule has 0 aromatic heterocycles. The molecule has 2 N–H and O–H groups in total. The van der Waals surface area contributed by atoms with Crippen molar-refractivity contribution in [3.05, 3.63) is 60.2 Å². The highest BCUT2D eigenvalue weighted by atomic mass is 19.2. The van der Waals surface area contributed by atoms with Crippen LogP contribution >= 0.6 is 0 Å². The molecule has 2 aromatic carbocycles. The predicted molar refractivity (Wildman–Crippen MR) is 104 cm³/mol. The number of halogens is 3. The van der Waals surface area contributed by atoms with E-state index in [-0.39, 0.29) is 6.54 Å². The summed E-state index contributed by atoms with van der Waals surface area (Å²) in [5, 5.41) is 12.7. The molecule has 0 spiro atoms. The summed E-state index contributed by atoms with van der Waals surface area (Å²) in [4.78, 5) is 1.84. The van der Waals surface area contributed by atoms with E-state index in [2.05, 4.69) is 11.9 Å². The van der Waals surface area contributed by atoms with Gasteiger partial charge in [0.2, 0.25) is 0 Å². The SMILES string of the molecule is C=C(Nc1ccc(F)c(F)c1)c1ccc(OC)c(N2CCCC(O)C(F)C2)c1. The number of hydrogen-bond acceptors (Lipinski definition) is 4. The van der Waals surface area contributed by atoms with Crippen molar-refractivity contribution in [2.45, 2.75) is 25.1 Å². The van der Waals surface area contributed by atoms with Crippen molar-refractivity contribution in [3.63, 3.8) is 0 Å². The fourth-order valence-electron chi connectivity index (χ4n) is 3.26. The molecule has 28 heavy (non-hydrogen) atoms. The third-order valence-electron chi connectivity index (χ3n) is 4.82. The molecule has 0 bridgehead atoms. The Bertz CT molecular complexity index is 860. The monoisotopic (exact) mass is 392 g/mol. The summed E-state index contributed by atoms with van der Waals surface area (Å²) in [5.41, 5.74) is 2.22. The smallest absolute Gasteiger partial charge is 0.160 e. The summed E-state index contributed by atoms with van der Waals surface area (Å²) in [5.74, 6) is -1.30. The molecule has 1 aliphatic heterocycles. The molecule has 1 fully saturated rings. The topological polar surface area (TPSA) is 44.7 Å². The number of nitrogens with zero attached hydrogens (tertiary/aromatic N) is 1. The molecule has 0 radical (unpaired) electrons. The fraction of sp³-hybridized carbons (Fsp3) is 0.333. The van der Waals surface area contributed by atoms with E-state index in [1.54, 1.807) is 18.2 Å². The number of methoxy groups -OCH3 is 1. The van der Waals surface area contributed by atoms with Crippen LogP contribution in [-0.2, 0) is 0 Å². The normalized spacial score (nSPS) is 19.8. The number of benzene rings is 2. The Morgan fingerprint density at radius 2 is 2.00 bits per heavy atom. The number of anilines is 2. The maximum absolute atomic E-state index is 14.2. The first-order chi connectivity index (χ1) is 13.4. The maximum Gasteiger partial charge on any atom is 0.160 e. The minimum absolute atomic E-state index is 0.0596. The van der Waals surface area contributed by atoms with Gasteiger partial charge in [-0.15, -0.1) is 0 Å². The Hall–Kier alpha value is -2.67. The van der Waals surface area contributed by atoms with Gasteiger partial charge in [0.25, 0.3) is 0 Å². The van der Waals surface area contributed by atoms with Gasteiger partial charge in [-0.2, -0.15) is 0 Å². The Balaban J connectivity index is 1.85. The van der Waals surface area contributed by atoms with Crippen LogP contribution in [0.25, 0.3) is 5.70 Å². The van der Waals surface area contributed by atoms with Gasteiger partial charge < -0.3 is 20.1 Å². The van der Waals surface area contributed by atoms with E-state index in [1.165, 1.54) is 13.2 Å². The van der Waals surface area contributed by atoms with Crippen LogP contribution < -0.4 is 15.0 Å². The summed E-state index contributed by atoms with van der Waals surface area (Å²) < 4.78 is 46.1. The van der Waals surface area contributed by atoms with Gasteiger partial charge in [-0.3, -0.25) is 0 Å². The minimum Gasteiger partial charge on any atom is -0.495 e. The Labute approximate surface area is 162 Å². The van der Waals surface area contributed by atoms with E-state index in [0.29, 0.717) is 47.8 Å². The van der Waals surface area contributed by atoms with Gasteiger partial charge in [0.1, 0.15) is 11.9 Å². The summed E-state index contributed by atoms with van der Waals surface area (Å²) in [6, 6.07) is 8.83. The van der Waals surface area contributed by atoms with Crippen LogP contribution in [0.1, 0.15) is 18.4 Å². The van der Waals surface area contributed by atoms with E-state index < -0.39 is 23.9 Å². The largest absolute Gasteiger partial charge is 0.495 e. The second-order valence-electron chi connectivity index (χ2n) is 6.79. The quantitative estimate of drug-likeness (QED) is 0.794. The summed E-state index contributed by atoms with van der Waals surface area (Å²) in [6.07, 6.45) is -1.25. The molecular formula is C21H23F3N2O2. The first-order valence-electron chi connectivity index (χ1n) is 9.05. The van der Waals surface area contributed by atoms with E-state index in [1.807, 2.05) is 4.90 Å². The van der Waals surface area contributed by atoms with Gasteiger partial charge in [0.15, 0.2) is 11.6 Å². The number of aliphatic hydroxyl groups excluding tert-OH is 1. The van der Waals surface area contributed by atoms with Crippen molar-refractivity contribution in [2.75, 3.05) is 30.4 Å². The third-order valence-corrected chi connectivity index (χ3v) is 4.82. The molecule has 7 heteroatoms. The zero-order valence-electron chi connectivity index (χ0n) is 15.6. The lowest BCUT2D eigenvalue weighted by molar-refractivity contribution is 0.0803. The van der Waals surface area contributed by atoms with E-state index >= 15 is 0 Å². The highest BCUT2D eigenvalue weighted by Crippen LogP contribution is 2.33. The van der Waals surface area contributed by atoms with Crippen LogP contribution in [0.5, 0.6) is 5.75 Å². The van der Waals surface area contributed by atoms with Crippen molar-refractivity contribution in [2.24, 2.45) is 0 Å². The van der Waals surface area contributed by atoms with E-state index in [4.69, 9.17) is 4.74 Å². The van der Waals surface area contributed by atoms with Crippen molar-refractivity contribution >= 4 is 17.1 Å². The summed E-state index contributed by atoms with van der Waals surface area (Å²) in [6.45, 7) is 4.60. The molecule has 4 nitrogen and oxygen atoms in total. The number of rotatable bonds is 5. The van der Waals surface area contributed by atoms with Gasteiger partial charge in [-0.25, -0.2) is 13.2 Å². The number of aliphatic hydroxyl groups is 1. The third kappa shape index (κ3) is 4.42. The molecule has 1 aliphatic rings. The Morgan fingerprint density at radius 1 is 1.21 bits per heavy atom. The fourth-order valence-corrected chi connectivity index (χ4v) is 3.26. The van der Waals surface area contributed by atoms with E-state index in [0.717, 1.165) is 12.1 Å².